The highest BCUT2D eigenvalue weighted by atomic mass is 32.1. The van der Waals surface area contributed by atoms with Gasteiger partial charge in [0.2, 0.25) is 11.8 Å². The van der Waals surface area contributed by atoms with E-state index < -0.39 is 0 Å². The van der Waals surface area contributed by atoms with Crippen LogP contribution in [0, 0.1) is 0 Å². The predicted molar refractivity (Wildman–Crippen MR) is 143 cm³/mol. The first kappa shape index (κ1) is 35.2. The first-order valence-corrected chi connectivity index (χ1v) is 12.9. The summed E-state index contributed by atoms with van der Waals surface area (Å²) in [6.45, 7) is 8.06. The van der Waals surface area contributed by atoms with Crippen molar-refractivity contribution in [2.45, 2.75) is 65.5 Å². The fraction of sp³-hybridized carbons (Fsp3) is 0.800. The molecule has 0 radical (unpaired) electrons. The van der Waals surface area contributed by atoms with E-state index in [9.17, 15) is 19.2 Å². The van der Waals surface area contributed by atoms with E-state index >= 15 is 0 Å². The fourth-order valence-electron chi connectivity index (χ4n) is 1.97. The molecule has 0 heterocycles. The molecule has 0 aliphatic heterocycles. The lowest BCUT2D eigenvalue weighted by Gasteiger charge is -2.19. The number of Topliss-reactive ketones (excluding diaryl/α,β-unsaturated/α-hetero) is 2. The third-order valence-corrected chi connectivity index (χ3v) is 4.84. The van der Waals surface area contributed by atoms with Crippen LogP contribution < -0.4 is 11.1 Å². The highest BCUT2D eigenvalue weighted by molar-refractivity contribution is 7.80. The van der Waals surface area contributed by atoms with E-state index in [1.165, 1.54) is 13.8 Å². The molecule has 31 heavy (non-hydrogen) atoms. The van der Waals surface area contributed by atoms with Crippen LogP contribution in [0.4, 0.5) is 0 Å². The van der Waals surface area contributed by atoms with Gasteiger partial charge in [0, 0.05) is 37.4 Å². The molecular formula is C20H41N3O4S4. The lowest BCUT2D eigenvalue weighted by Crippen LogP contribution is -2.39. The minimum absolute atomic E-state index is 0.00847. The standard InChI is InChI=1S/C8H15NO2S.C7H15NOS2.C5H11NOS/c1-3-8(11)9-7(4-5-12)6(2)10;1-2-7(9)8(3-5-10)4-6-11;1-4(7)5(6)2-3-8/h7,12H,3-5H2,1-2H3,(H,9,11);10-11H,2-6H2,1H3;5,8H,2-3,6H2,1H3/t7-;;5-/m0.0/s1. The molecule has 0 aliphatic rings. The van der Waals surface area contributed by atoms with Gasteiger partial charge in [-0.25, -0.2) is 0 Å². The minimum atomic E-state index is -0.352. The van der Waals surface area contributed by atoms with Crippen LogP contribution >= 0.6 is 50.5 Å². The molecule has 0 aliphatic carbocycles. The van der Waals surface area contributed by atoms with E-state index in [0.29, 0.717) is 37.2 Å². The highest BCUT2D eigenvalue weighted by Crippen LogP contribution is 1.97. The molecule has 0 rings (SSSR count). The quantitative estimate of drug-likeness (QED) is 0.211. The molecule has 0 aromatic heterocycles. The number of thiol groups is 4. The molecule has 3 N–H and O–H groups in total. The highest BCUT2D eigenvalue weighted by Gasteiger charge is 2.14. The Labute approximate surface area is 210 Å². The van der Waals surface area contributed by atoms with Gasteiger partial charge in [-0.1, -0.05) is 13.8 Å². The van der Waals surface area contributed by atoms with E-state index in [1.54, 1.807) is 11.8 Å². The summed E-state index contributed by atoms with van der Waals surface area (Å²) in [5, 5.41) is 2.63. The number of nitrogens with zero attached hydrogens (tertiary/aromatic N) is 1. The van der Waals surface area contributed by atoms with Gasteiger partial charge < -0.3 is 16.0 Å². The molecule has 11 heteroatoms. The number of hydrogen-bond acceptors (Lipinski definition) is 9. The maximum absolute atomic E-state index is 11.1. The number of nitrogens with one attached hydrogen (secondary N) is 1. The number of carbonyl (C=O) groups excluding carboxylic acids is 4. The van der Waals surface area contributed by atoms with Gasteiger partial charge in [-0.3, -0.25) is 19.2 Å². The van der Waals surface area contributed by atoms with E-state index in [1.807, 2.05) is 6.92 Å². The SMILES string of the molecule is CC(=O)[C@@H](N)CCS.CCC(=O)N(CCS)CCS.CCC(=O)N[C@@H](CCS)C(C)=O. The largest absolute Gasteiger partial charge is 0.346 e. The molecule has 0 unspecified atom stereocenters. The number of carbonyl (C=O) groups is 4. The number of nitrogens with two attached hydrogens (primary N) is 1. The predicted octanol–water partition coefficient (Wildman–Crippen LogP) is 2.10. The molecule has 0 aromatic rings. The van der Waals surface area contributed by atoms with Gasteiger partial charge in [-0.05, 0) is 38.2 Å². The van der Waals surface area contributed by atoms with Crippen molar-refractivity contribution in [1.29, 1.82) is 0 Å². The second kappa shape index (κ2) is 24.3. The summed E-state index contributed by atoms with van der Waals surface area (Å²) in [7, 11) is 0. The summed E-state index contributed by atoms with van der Waals surface area (Å²) in [4.78, 5) is 45.2. The van der Waals surface area contributed by atoms with Crippen molar-refractivity contribution in [2.75, 3.05) is 36.1 Å². The molecule has 2 atom stereocenters. The molecule has 0 saturated heterocycles. The van der Waals surface area contributed by atoms with Gasteiger partial charge in [0.1, 0.15) is 5.78 Å². The van der Waals surface area contributed by atoms with Crippen molar-refractivity contribution in [1.82, 2.24) is 10.2 Å². The number of rotatable bonds is 13. The summed E-state index contributed by atoms with van der Waals surface area (Å²) in [6, 6.07) is -0.651. The van der Waals surface area contributed by atoms with Gasteiger partial charge in [0.05, 0.1) is 12.1 Å². The number of amides is 2. The first-order valence-electron chi connectivity index (χ1n) is 10.3. The van der Waals surface area contributed by atoms with E-state index in [2.05, 4.69) is 55.8 Å². The van der Waals surface area contributed by atoms with E-state index in [0.717, 1.165) is 24.6 Å². The topological polar surface area (TPSA) is 110 Å². The number of hydrogen-bond donors (Lipinski definition) is 6. The van der Waals surface area contributed by atoms with Gasteiger partial charge in [0.15, 0.2) is 5.78 Å². The normalized spacial score (nSPS) is 11.6. The van der Waals surface area contributed by atoms with Crippen molar-refractivity contribution in [3.05, 3.63) is 0 Å². The Hall–Kier alpha value is -0.360. The average molecular weight is 516 g/mol. The third-order valence-electron chi connectivity index (χ3n) is 3.92. The molecule has 184 valence electrons. The zero-order valence-electron chi connectivity index (χ0n) is 19.2. The maximum Gasteiger partial charge on any atom is 0.222 e. The van der Waals surface area contributed by atoms with Crippen LogP contribution in [0.5, 0.6) is 0 Å². The summed E-state index contributed by atoms with van der Waals surface area (Å²) in [5.74, 6) is 2.86. The molecule has 0 fully saturated rings. The van der Waals surface area contributed by atoms with Crippen molar-refractivity contribution >= 4 is 73.9 Å². The van der Waals surface area contributed by atoms with Gasteiger partial charge in [0.25, 0.3) is 0 Å². The smallest absolute Gasteiger partial charge is 0.222 e. The van der Waals surface area contributed by atoms with Crippen LogP contribution in [0.15, 0.2) is 0 Å². The molecule has 2 amide bonds. The number of ketones is 2. The maximum atomic E-state index is 11.1. The Morgan fingerprint density at radius 1 is 0.806 bits per heavy atom. The van der Waals surface area contributed by atoms with Crippen LogP contribution in [0.3, 0.4) is 0 Å². The van der Waals surface area contributed by atoms with Crippen LogP contribution in [0.25, 0.3) is 0 Å². The van der Waals surface area contributed by atoms with Crippen molar-refractivity contribution < 1.29 is 19.2 Å². The molecule has 0 aromatic carbocycles. The fourth-order valence-corrected chi connectivity index (χ4v) is 2.99. The third kappa shape index (κ3) is 22.6. The molecule has 0 bridgehead atoms. The van der Waals surface area contributed by atoms with E-state index in [-0.39, 0.29) is 35.5 Å². The van der Waals surface area contributed by atoms with Crippen molar-refractivity contribution in [3.8, 4) is 0 Å². The second-order valence-corrected chi connectivity index (χ2v) is 8.30. The van der Waals surface area contributed by atoms with Crippen LogP contribution in [0.1, 0.15) is 53.4 Å². The molecule has 0 saturated carbocycles. The Morgan fingerprint density at radius 2 is 1.29 bits per heavy atom. The summed E-state index contributed by atoms with van der Waals surface area (Å²) in [6.07, 6.45) is 2.26. The summed E-state index contributed by atoms with van der Waals surface area (Å²) < 4.78 is 0. The summed E-state index contributed by atoms with van der Waals surface area (Å²) >= 11 is 16.1. The molecule has 0 spiro atoms. The van der Waals surface area contributed by atoms with Gasteiger partial charge in [-0.2, -0.15) is 50.5 Å². The Kier molecular flexibility index (Phi) is 27.6. The van der Waals surface area contributed by atoms with Crippen LogP contribution in [-0.4, -0.2) is 76.5 Å². The second-order valence-electron chi connectivity index (χ2n) is 6.51. The lowest BCUT2D eigenvalue weighted by atomic mass is 10.1. The summed E-state index contributed by atoms with van der Waals surface area (Å²) in [5.41, 5.74) is 5.33. The Morgan fingerprint density at radius 3 is 1.55 bits per heavy atom. The van der Waals surface area contributed by atoms with Crippen molar-refractivity contribution in [2.24, 2.45) is 5.73 Å². The monoisotopic (exact) mass is 515 g/mol. The lowest BCUT2D eigenvalue weighted by molar-refractivity contribution is -0.130. The Balaban J connectivity index is -0.000000387. The van der Waals surface area contributed by atoms with Crippen molar-refractivity contribution in [3.63, 3.8) is 0 Å². The van der Waals surface area contributed by atoms with Gasteiger partial charge >= 0.3 is 0 Å². The Bertz CT molecular complexity index is 503. The molecular weight excluding hydrogens is 475 g/mol. The first-order chi connectivity index (χ1) is 14.6. The minimum Gasteiger partial charge on any atom is -0.346 e. The zero-order chi connectivity index (χ0) is 24.8. The van der Waals surface area contributed by atoms with Crippen LogP contribution in [0.2, 0.25) is 0 Å². The van der Waals surface area contributed by atoms with Gasteiger partial charge in [-0.15, -0.1) is 0 Å². The zero-order valence-corrected chi connectivity index (χ0v) is 22.7. The average Bonchev–Trinajstić information content (AvgIpc) is 2.73. The van der Waals surface area contributed by atoms with Crippen LogP contribution in [-0.2, 0) is 19.2 Å². The van der Waals surface area contributed by atoms with E-state index in [4.69, 9.17) is 5.73 Å². The molecule has 7 nitrogen and oxygen atoms in total.